The van der Waals surface area contributed by atoms with Crippen LogP contribution >= 0.6 is 11.8 Å². The van der Waals surface area contributed by atoms with Crippen LogP contribution in [0, 0.1) is 6.92 Å². The Kier molecular flexibility index (Phi) is 5.86. The zero-order chi connectivity index (χ0) is 20.1. The molecule has 2 aromatic heterocycles. The molecule has 0 unspecified atom stereocenters. The van der Waals surface area contributed by atoms with Crippen LogP contribution in [0.25, 0.3) is 16.7 Å². The molecular weight excluding hydrogens is 382 g/mol. The molecular formula is C22H21N5OS. The van der Waals surface area contributed by atoms with Gasteiger partial charge in [0.25, 0.3) is 0 Å². The van der Waals surface area contributed by atoms with E-state index in [0.29, 0.717) is 12.3 Å². The number of carbonyl (C=O) groups is 1. The Hall–Kier alpha value is -3.19. The molecule has 0 spiro atoms. The van der Waals surface area contributed by atoms with Crippen LogP contribution in [0.5, 0.6) is 0 Å². The number of aryl methyl sites for hydroxylation is 1. The van der Waals surface area contributed by atoms with Gasteiger partial charge in [-0.3, -0.25) is 4.79 Å². The maximum Gasteiger partial charge on any atom is 0.230 e. The van der Waals surface area contributed by atoms with Crippen molar-refractivity contribution in [1.82, 2.24) is 25.1 Å². The molecule has 0 saturated carbocycles. The largest absolute Gasteiger partial charge is 0.355 e. The molecule has 0 aliphatic heterocycles. The first kappa shape index (κ1) is 19.1. The summed E-state index contributed by atoms with van der Waals surface area (Å²) in [6, 6.07) is 18.1. The van der Waals surface area contributed by atoms with Gasteiger partial charge in [-0.2, -0.15) is 5.10 Å². The van der Waals surface area contributed by atoms with Gasteiger partial charge in [0, 0.05) is 6.54 Å². The fraction of sp³-hybridized carbons (Fsp3) is 0.182. The van der Waals surface area contributed by atoms with Crippen LogP contribution in [-0.4, -0.2) is 38.0 Å². The van der Waals surface area contributed by atoms with E-state index in [2.05, 4.69) is 39.4 Å². The van der Waals surface area contributed by atoms with E-state index in [0.717, 1.165) is 28.2 Å². The second-order valence-corrected chi connectivity index (χ2v) is 7.59. The van der Waals surface area contributed by atoms with Crippen molar-refractivity contribution in [2.75, 3.05) is 12.3 Å². The lowest BCUT2D eigenvalue weighted by atomic mass is 10.1. The molecule has 4 rings (SSSR count). The molecule has 0 atom stereocenters. The molecule has 146 valence electrons. The van der Waals surface area contributed by atoms with Crippen molar-refractivity contribution in [3.63, 3.8) is 0 Å². The summed E-state index contributed by atoms with van der Waals surface area (Å²) in [4.78, 5) is 21.0. The quantitative estimate of drug-likeness (QED) is 0.377. The van der Waals surface area contributed by atoms with Gasteiger partial charge in [-0.25, -0.2) is 14.6 Å². The molecule has 6 nitrogen and oxygen atoms in total. The Balaban J connectivity index is 1.38. The molecule has 2 heterocycles. The highest BCUT2D eigenvalue weighted by Gasteiger charge is 2.13. The minimum Gasteiger partial charge on any atom is -0.355 e. The molecule has 0 radical (unpaired) electrons. The summed E-state index contributed by atoms with van der Waals surface area (Å²) in [6.45, 7) is 2.71. The third kappa shape index (κ3) is 4.46. The molecule has 1 amide bonds. The fourth-order valence-corrected chi connectivity index (χ4v) is 3.90. The van der Waals surface area contributed by atoms with Crippen molar-refractivity contribution < 1.29 is 4.79 Å². The average molecular weight is 404 g/mol. The van der Waals surface area contributed by atoms with E-state index in [-0.39, 0.29) is 5.91 Å². The molecule has 0 saturated heterocycles. The third-order valence-corrected chi connectivity index (χ3v) is 5.65. The molecule has 0 aliphatic rings. The Labute approximate surface area is 173 Å². The summed E-state index contributed by atoms with van der Waals surface area (Å²) in [6.07, 6.45) is 4.09. The van der Waals surface area contributed by atoms with Crippen molar-refractivity contribution in [3.05, 3.63) is 78.2 Å². The Morgan fingerprint density at radius 3 is 2.69 bits per heavy atom. The normalized spacial score (nSPS) is 10.9. The van der Waals surface area contributed by atoms with Crippen LogP contribution in [0.15, 0.2) is 72.1 Å². The summed E-state index contributed by atoms with van der Waals surface area (Å²) in [5, 5.41) is 9.03. The van der Waals surface area contributed by atoms with E-state index in [1.807, 2.05) is 42.5 Å². The van der Waals surface area contributed by atoms with Crippen molar-refractivity contribution in [1.29, 1.82) is 0 Å². The van der Waals surface area contributed by atoms with Crippen molar-refractivity contribution in [2.24, 2.45) is 0 Å². The molecule has 4 aromatic rings. The van der Waals surface area contributed by atoms with Gasteiger partial charge >= 0.3 is 0 Å². The lowest BCUT2D eigenvalue weighted by molar-refractivity contribution is -0.118. The second kappa shape index (κ2) is 8.87. The number of hydrogen-bond donors (Lipinski definition) is 1. The molecule has 0 aliphatic carbocycles. The van der Waals surface area contributed by atoms with Crippen LogP contribution in [-0.2, 0) is 11.2 Å². The number of carbonyl (C=O) groups excluding carboxylic acids is 1. The molecule has 0 bridgehead atoms. The Morgan fingerprint density at radius 2 is 1.86 bits per heavy atom. The summed E-state index contributed by atoms with van der Waals surface area (Å²) >= 11 is 1.40. The zero-order valence-electron chi connectivity index (χ0n) is 16.1. The lowest BCUT2D eigenvalue weighted by Crippen LogP contribution is -2.27. The van der Waals surface area contributed by atoms with Crippen LogP contribution in [0.3, 0.4) is 0 Å². The van der Waals surface area contributed by atoms with E-state index in [1.165, 1.54) is 29.2 Å². The average Bonchev–Trinajstić information content (AvgIpc) is 3.19. The summed E-state index contributed by atoms with van der Waals surface area (Å²) < 4.78 is 1.78. The number of para-hydroxylation sites is 1. The van der Waals surface area contributed by atoms with Gasteiger partial charge in [0.2, 0.25) is 5.91 Å². The number of benzene rings is 2. The van der Waals surface area contributed by atoms with Gasteiger partial charge in [-0.15, -0.1) is 0 Å². The first-order valence-corrected chi connectivity index (χ1v) is 10.4. The number of hydrogen-bond acceptors (Lipinski definition) is 5. The molecule has 2 aromatic carbocycles. The zero-order valence-corrected chi connectivity index (χ0v) is 16.9. The minimum atomic E-state index is -0.00852. The number of fused-ring (bicyclic) bond motifs is 1. The summed E-state index contributed by atoms with van der Waals surface area (Å²) in [5.41, 5.74) is 4.17. The first-order chi connectivity index (χ1) is 14.2. The Morgan fingerprint density at radius 1 is 1.07 bits per heavy atom. The number of aromatic nitrogens is 4. The van der Waals surface area contributed by atoms with E-state index in [1.54, 1.807) is 10.9 Å². The number of thioether (sulfide) groups is 1. The minimum absolute atomic E-state index is 0.00852. The van der Waals surface area contributed by atoms with Gasteiger partial charge in [-0.1, -0.05) is 54.2 Å². The van der Waals surface area contributed by atoms with Gasteiger partial charge < -0.3 is 5.32 Å². The highest BCUT2D eigenvalue weighted by Crippen LogP contribution is 2.25. The highest BCUT2D eigenvalue weighted by molar-refractivity contribution is 8.00. The van der Waals surface area contributed by atoms with Crippen molar-refractivity contribution in [3.8, 4) is 5.69 Å². The molecule has 29 heavy (non-hydrogen) atoms. The first-order valence-electron chi connectivity index (χ1n) is 9.40. The van der Waals surface area contributed by atoms with Gasteiger partial charge in [0.05, 0.1) is 23.0 Å². The van der Waals surface area contributed by atoms with Crippen LogP contribution in [0.1, 0.15) is 11.1 Å². The topological polar surface area (TPSA) is 72.7 Å². The molecule has 7 heteroatoms. The molecule has 1 N–H and O–H groups in total. The maximum atomic E-state index is 12.3. The van der Waals surface area contributed by atoms with Crippen LogP contribution < -0.4 is 5.32 Å². The number of rotatable bonds is 7. The maximum absolute atomic E-state index is 12.3. The highest BCUT2D eigenvalue weighted by atomic mass is 32.2. The third-order valence-electron chi connectivity index (χ3n) is 4.65. The van der Waals surface area contributed by atoms with Crippen molar-refractivity contribution in [2.45, 2.75) is 18.4 Å². The van der Waals surface area contributed by atoms with Crippen LogP contribution in [0.4, 0.5) is 0 Å². The van der Waals surface area contributed by atoms with E-state index >= 15 is 0 Å². The SMILES string of the molecule is Cc1ccccc1CCNC(=O)CSc1ncnc2c1cnn2-c1ccccc1. The Bertz CT molecular complexity index is 1130. The van der Waals surface area contributed by atoms with Crippen molar-refractivity contribution >= 4 is 28.7 Å². The standard InChI is InChI=1S/C22H21N5OS/c1-16-7-5-6-8-17(16)11-12-23-20(28)14-29-22-19-13-26-27(21(19)24-15-25-22)18-9-3-2-4-10-18/h2-10,13,15H,11-12,14H2,1H3,(H,23,28). The monoisotopic (exact) mass is 403 g/mol. The number of amides is 1. The fourth-order valence-electron chi connectivity index (χ4n) is 3.11. The van der Waals surface area contributed by atoms with E-state index in [9.17, 15) is 4.79 Å². The summed E-state index contributed by atoms with van der Waals surface area (Å²) in [5.74, 6) is 0.293. The predicted molar refractivity (Wildman–Crippen MR) is 115 cm³/mol. The lowest BCUT2D eigenvalue weighted by Gasteiger charge is -2.07. The second-order valence-electron chi connectivity index (χ2n) is 6.62. The van der Waals surface area contributed by atoms with Gasteiger partial charge in [0.1, 0.15) is 11.4 Å². The number of nitrogens with zero attached hydrogens (tertiary/aromatic N) is 4. The van der Waals surface area contributed by atoms with Gasteiger partial charge in [-0.05, 0) is 36.6 Å². The molecule has 0 fully saturated rings. The van der Waals surface area contributed by atoms with E-state index in [4.69, 9.17) is 0 Å². The van der Waals surface area contributed by atoms with Crippen LogP contribution in [0.2, 0.25) is 0 Å². The summed E-state index contributed by atoms with van der Waals surface area (Å²) in [7, 11) is 0. The predicted octanol–water partition coefficient (Wildman–Crippen LogP) is 3.57. The van der Waals surface area contributed by atoms with E-state index < -0.39 is 0 Å². The number of nitrogens with one attached hydrogen (secondary N) is 1. The smallest absolute Gasteiger partial charge is 0.230 e. The van der Waals surface area contributed by atoms with Gasteiger partial charge in [0.15, 0.2) is 5.65 Å².